The third-order valence-corrected chi connectivity index (χ3v) is 17.9. The highest BCUT2D eigenvalue weighted by atomic mass is 28.4. The zero-order valence-electron chi connectivity index (χ0n) is 22.8. The molecule has 0 aliphatic heterocycles. The van der Waals surface area contributed by atoms with Crippen LogP contribution in [0, 0.1) is 23.2 Å². The van der Waals surface area contributed by atoms with Crippen LogP contribution in [0.5, 0.6) is 0 Å². The maximum atomic E-state index is 7.29. The van der Waals surface area contributed by atoms with Crippen molar-refractivity contribution < 1.29 is 8.85 Å². The zero-order chi connectivity index (χ0) is 24.9. The van der Waals surface area contributed by atoms with Crippen molar-refractivity contribution in [2.75, 3.05) is 0 Å². The van der Waals surface area contributed by atoms with Gasteiger partial charge in [0.15, 0.2) is 16.6 Å². The van der Waals surface area contributed by atoms with E-state index in [0.29, 0.717) is 5.92 Å². The van der Waals surface area contributed by atoms with Crippen molar-refractivity contribution in [2.24, 2.45) is 11.3 Å². The molecule has 0 radical (unpaired) electrons. The van der Waals surface area contributed by atoms with Gasteiger partial charge in [0.05, 0.1) is 17.6 Å². The van der Waals surface area contributed by atoms with E-state index >= 15 is 0 Å². The fourth-order valence-electron chi connectivity index (χ4n) is 4.99. The molecule has 0 aromatic heterocycles. The second-order valence-electron chi connectivity index (χ2n) is 13.2. The van der Waals surface area contributed by atoms with Crippen molar-refractivity contribution in [2.45, 2.75) is 109 Å². The van der Waals surface area contributed by atoms with E-state index in [4.69, 9.17) is 8.85 Å². The third kappa shape index (κ3) is 4.72. The minimum absolute atomic E-state index is 0.0196. The summed E-state index contributed by atoms with van der Waals surface area (Å²) in [4.78, 5) is 0. The van der Waals surface area contributed by atoms with Crippen molar-refractivity contribution in [1.29, 1.82) is 0 Å². The van der Waals surface area contributed by atoms with Gasteiger partial charge in [0.25, 0.3) is 0 Å². The second kappa shape index (κ2) is 8.83. The number of allylic oxidation sites excluding steroid dienone is 1. The first kappa shape index (κ1) is 26.5. The monoisotopic (exact) mass is 482 g/mol. The van der Waals surface area contributed by atoms with Gasteiger partial charge in [-0.15, -0.1) is 0 Å². The van der Waals surface area contributed by atoms with Gasteiger partial charge in [-0.3, -0.25) is 0 Å². The van der Waals surface area contributed by atoms with Crippen LogP contribution in [0.3, 0.4) is 0 Å². The maximum absolute atomic E-state index is 7.29. The first-order chi connectivity index (χ1) is 15.1. The molecule has 0 heterocycles. The van der Waals surface area contributed by atoms with Gasteiger partial charge in [-0.25, -0.2) is 0 Å². The van der Waals surface area contributed by atoms with Crippen LogP contribution in [0.25, 0.3) is 0 Å². The van der Waals surface area contributed by atoms with E-state index in [-0.39, 0.29) is 27.7 Å². The molecule has 33 heavy (non-hydrogen) atoms. The summed E-state index contributed by atoms with van der Waals surface area (Å²) in [6.07, 6.45) is 5.16. The second-order valence-corrected chi connectivity index (χ2v) is 22.7. The number of hydrogen-bond acceptors (Lipinski definition) is 2. The fourth-order valence-corrected chi connectivity index (χ4v) is 7.55. The van der Waals surface area contributed by atoms with Crippen LogP contribution >= 0.6 is 0 Å². The molecule has 1 aromatic carbocycles. The molecular weight excluding hydrogens is 436 g/mol. The molecule has 0 unspecified atom stereocenters. The van der Waals surface area contributed by atoms with Gasteiger partial charge in [-0.1, -0.05) is 90.6 Å². The van der Waals surface area contributed by atoms with E-state index in [0.717, 1.165) is 12.8 Å². The average Bonchev–Trinajstić information content (AvgIpc) is 3.12. The lowest BCUT2D eigenvalue weighted by atomic mass is 9.63. The summed E-state index contributed by atoms with van der Waals surface area (Å²) in [6.45, 7) is 27.4. The number of fused-ring (bicyclic) bond motifs is 2. The topological polar surface area (TPSA) is 18.5 Å². The molecule has 2 aliphatic carbocycles. The van der Waals surface area contributed by atoms with Gasteiger partial charge < -0.3 is 8.85 Å². The zero-order valence-corrected chi connectivity index (χ0v) is 24.8. The van der Waals surface area contributed by atoms with Crippen molar-refractivity contribution >= 4 is 16.6 Å². The molecule has 182 valence electrons. The van der Waals surface area contributed by atoms with Gasteiger partial charge in [0, 0.05) is 5.92 Å². The minimum Gasteiger partial charge on any atom is -0.410 e. The normalized spacial score (nSPS) is 27.9. The molecule has 1 aromatic rings. The molecule has 1 saturated carbocycles. The summed E-state index contributed by atoms with van der Waals surface area (Å²) >= 11 is 0. The van der Waals surface area contributed by atoms with Crippen LogP contribution in [0.1, 0.15) is 84.1 Å². The Hall–Kier alpha value is -1.13. The molecular formula is C29H46O2Si2. The molecule has 3 rings (SSSR count). The summed E-state index contributed by atoms with van der Waals surface area (Å²) < 4.78 is 14.5. The Bertz CT molecular complexity index is 939. The predicted molar refractivity (Wildman–Crippen MR) is 146 cm³/mol. The Morgan fingerprint density at radius 1 is 0.939 bits per heavy atom. The molecule has 0 saturated heterocycles. The first-order valence-corrected chi connectivity index (χ1v) is 18.5. The predicted octanol–water partition coefficient (Wildman–Crippen LogP) is 8.80. The van der Waals surface area contributed by atoms with Gasteiger partial charge >= 0.3 is 0 Å². The standard InChI is InChI=1S/C29H46O2Si2/c1-12-13-20-29-21-16-19-24(29)25(30-32(8,9)27(2,3)4)22-17-14-15-18-23(22)26(29)31-33(10,11)28(5,6)7/h12,14-15,17-18,24-26H,1,16,19,21H2,2-11H3/t24-,25-,26+,29-/m1/s1. The number of benzene rings is 1. The lowest BCUT2D eigenvalue weighted by Crippen LogP contribution is -2.51. The quantitative estimate of drug-likeness (QED) is 0.315. The molecule has 0 amide bonds. The van der Waals surface area contributed by atoms with Gasteiger partial charge in [-0.05, 0) is 66.3 Å². The molecule has 2 aliphatic rings. The molecule has 0 bridgehead atoms. The Balaban J connectivity index is 2.22. The lowest BCUT2D eigenvalue weighted by Gasteiger charge is -2.53. The van der Waals surface area contributed by atoms with Crippen LogP contribution in [-0.4, -0.2) is 16.6 Å². The van der Waals surface area contributed by atoms with Gasteiger partial charge in [-0.2, -0.15) is 0 Å². The van der Waals surface area contributed by atoms with E-state index in [1.54, 1.807) is 6.08 Å². The highest BCUT2D eigenvalue weighted by molar-refractivity contribution is 6.74. The summed E-state index contributed by atoms with van der Waals surface area (Å²) in [7, 11) is -4.02. The van der Waals surface area contributed by atoms with Crippen molar-refractivity contribution in [3.8, 4) is 11.8 Å². The van der Waals surface area contributed by atoms with Crippen molar-refractivity contribution in [3.05, 3.63) is 48.0 Å². The highest BCUT2D eigenvalue weighted by Crippen LogP contribution is 2.64. The van der Waals surface area contributed by atoms with E-state index < -0.39 is 16.6 Å². The summed E-state index contributed by atoms with van der Waals surface area (Å²) in [5.41, 5.74) is 2.39. The van der Waals surface area contributed by atoms with Gasteiger partial charge in [0.2, 0.25) is 0 Å². The lowest BCUT2D eigenvalue weighted by molar-refractivity contribution is -0.0262. The van der Waals surface area contributed by atoms with Crippen LogP contribution in [0.2, 0.25) is 36.3 Å². The van der Waals surface area contributed by atoms with Crippen molar-refractivity contribution in [1.82, 2.24) is 0 Å². The third-order valence-electron chi connectivity index (χ3n) is 9.04. The minimum atomic E-state index is -2.03. The molecule has 4 atom stereocenters. The Labute approximate surface area is 205 Å². The summed E-state index contributed by atoms with van der Waals surface area (Å²) in [5.74, 6) is 7.35. The van der Waals surface area contributed by atoms with Crippen LogP contribution in [0.15, 0.2) is 36.9 Å². The average molecular weight is 483 g/mol. The molecule has 0 N–H and O–H groups in total. The largest absolute Gasteiger partial charge is 0.410 e. The summed E-state index contributed by atoms with van der Waals surface area (Å²) in [5, 5.41) is 0.294. The SMILES string of the molecule is C=CC#C[C@@]12CCC[C@@H]1[C@H](O[Si](C)(C)C(C)(C)C)c1ccccc1[C@@H]2O[Si](C)(C)C(C)(C)C. The van der Waals surface area contributed by atoms with E-state index in [1.165, 1.54) is 17.5 Å². The Morgan fingerprint density at radius 3 is 2.03 bits per heavy atom. The number of hydrogen-bond donors (Lipinski definition) is 0. The number of rotatable bonds is 4. The molecule has 4 heteroatoms. The van der Waals surface area contributed by atoms with Crippen LogP contribution in [-0.2, 0) is 8.85 Å². The van der Waals surface area contributed by atoms with Crippen LogP contribution < -0.4 is 0 Å². The van der Waals surface area contributed by atoms with E-state index in [1.807, 2.05) is 0 Å². The van der Waals surface area contributed by atoms with E-state index in [9.17, 15) is 0 Å². The molecule has 2 nitrogen and oxygen atoms in total. The Kier molecular flexibility index (Phi) is 7.08. The van der Waals surface area contributed by atoms with Gasteiger partial charge in [0.1, 0.15) is 0 Å². The fraction of sp³-hybridized carbons (Fsp3) is 0.655. The molecule has 0 spiro atoms. The smallest absolute Gasteiger partial charge is 0.192 e. The van der Waals surface area contributed by atoms with Crippen LogP contribution in [0.4, 0.5) is 0 Å². The van der Waals surface area contributed by atoms with Crippen molar-refractivity contribution in [3.63, 3.8) is 0 Å². The highest BCUT2D eigenvalue weighted by Gasteiger charge is 2.59. The first-order valence-electron chi connectivity index (χ1n) is 12.7. The van der Waals surface area contributed by atoms with E-state index in [2.05, 4.69) is 110 Å². The Morgan fingerprint density at radius 2 is 1.48 bits per heavy atom. The maximum Gasteiger partial charge on any atom is 0.192 e. The summed E-state index contributed by atoms with van der Waals surface area (Å²) in [6, 6.07) is 8.90. The molecule has 1 fully saturated rings.